The summed E-state index contributed by atoms with van der Waals surface area (Å²) >= 11 is 0. The number of hydrogen-bond acceptors (Lipinski definition) is 5. The van der Waals surface area contributed by atoms with Crippen molar-refractivity contribution < 1.29 is 23.8 Å². The van der Waals surface area contributed by atoms with Gasteiger partial charge in [0.15, 0.2) is 0 Å². The van der Waals surface area contributed by atoms with Gasteiger partial charge in [-0.25, -0.2) is 8.91 Å². The lowest BCUT2D eigenvalue weighted by Gasteiger charge is -2.37. The monoisotopic (exact) mass is 508 g/mol. The molecule has 2 aliphatic rings. The van der Waals surface area contributed by atoms with Gasteiger partial charge in [0.05, 0.1) is 35.8 Å². The molecule has 196 valence electrons. The second-order valence-electron chi connectivity index (χ2n) is 10.2. The van der Waals surface area contributed by atoms with Gasteiger partial charge in [0.1, 0.15) is 11.6 Å². The molecule has 1 saturated carbocycles. The summed E-state index contributed by atoms with van der Waals surface area (Å²) in [5.41, 5.74) is 2.06. The second kappa shape index (κ2) is 10.0. The second-order valence-corrected chi connectivity index (χ2v) is 10.2. The molecule has 0 bridgehead atoms. The van der Waals surface area contributed by atoms with E-state index in [0.29, 0.717) is 36.1 Å². The zero-order chi connectivity index (χ0) is 26.2. The van der Waals surface area contributed by atoms with Crippen molar-refractivity contribution in [1.29, 1.82) is 0 Å². The van der Waals surface area contributed by atoms with Crippen molar-refractivity contribution in [2.45, 2.75) is 64.0 Å². The van der Waals surface area contributed by atoms with Gasteiger partial charge in [0.2, 0.25) is 0 Å². The fourth-order valence-corrected chi connectivity index (χ4v) is 6.10. The first-order chi connectivity index (χ1) is 17.8. The third-order valence-corrected chi connectivity index (χ3v) is 8.20. The number of ether oxygens (including phenoxy) is 1. The zero-order valence-corrected chi connectivity index (χ0v) is 21.2. The first-order valence-electron chi connectivity index (χ1n) is 13.0. The minimum Gasteiger partial charge on any atom is -0.496 e. The van der Waals surface area contributed by atoms with Crippen LogP contribution in [-0.2, 0) is 4.79 Å². The molecule has 1 amide bonds. The van der Waals surface area contributed by atoms with Gasteiger partial charge in [-0.15, -0.1) is 0 Å². The lowest BCUT2D eigenvalue weighted by Crippen LogP contribution is -2.45. The number of carboxylic acids is 1. The van der Waals surface area contributed by atoms with Crippen molar-refractivity contribution in [3.05, 3.63) is 59.7 Å². The fourth-order valence-electron chi connectivity index (χ4n) is 6.10. The zero-order valence-electron chi connectivity index (χ0n) is 21.2. The van der Waals surface area contributed by atoms with E-state index in [4.69, 9.17) is 4.74 Å². The Bertz CT molecular complexity index is 1320. The number of carbonyl (C=O) groups excluding carboxylic acids is 1. The third kappa shape index (κ3) is 4.63. The van der Waals surface area contributed by atoms with E-state index < -0.39 is 11.4 Å². The Morgan fingerprint density at radius 1 is 1.24 bits per heavy atom. The lowest BCUT2D eigenvalue weighted by molar-refractivity contribution is -0.151. The Morgan fingerprint density at radius 3 is 2.84 bits per heavy atom. The van der Waals surface area contributed by atoms with E-state index in [9.17, 15) is 19.1 Å². The minimum absolute atomic E-state index is 0.0475. The number of pyridine rings is 1. The van der Waals surface area contributed by atoms with Crippen molar-refractivity contribution >= 4 is 23.1 Å². The molecule has 1 aliphatic carbocycles. The summed E-state index contributed by atoms with van der Waals surface area (Å²) in [6.07, 6.45) is 8.33. The van der Waals surface area contributed by atoms with Crippen molar-refractivity contribution in [3.8, 4) is 5.75 Å². The van der Waals surface area contributed by atoms with E-state index in [1.807, 2.05) is 25.3 Å². The lowest BCUT2D eigenvalue weighted by atomic mass is 9.70. The minimum atomic E-state index is -0.787. The number of rotatable bonds is 7. The highest BCUT2D eigenvalue weighted by Crippen LogP contribution is 2.41. The number of nitrogens with zero attached hydrogens (tertiary/aromatic N) is 3. The number of fused-ring (bicyclic) bond motifs is 1. The van der Waals surface area contributed by atoms with Crippen LogP contribution in [0, 0.1) is 11.2 Å². The molecule has 37 heavy (non-hydrogen) atoms. The van der Waals surface area contributed by atoms with Crippen LogP contribution in [0.15, 0.2) is 42.7 Å². The van der Waals surface area contributed by atoms with Gasteiger partial charge in [-0.05, 0) is 68.9 Å². The number of aromatic nitrogens is 2. The number of anilines is 1. The summed E-state index contributed by atoms with van der Waals surface area (Å²) in [5, 5.41) is 17.2. The SMILES string of the molecule is CCC1(C(=O)O)CCCC(NC(=O)c2cnn3ccc(N4CCC[C@@H]4c4cc(F)ccc4OC)cc23)C1. The van der Waals surface area contributed by atoms with E-state index in [1.54, 1.807) is 23.9 Å². The smallest absolute Gasteiger partial charge is 0.309 e. The van der Waals surface area contributed by atoms with Crippen LogP contribution in [0.1, 0.15) is 73.8 Å². The highest BCUT2D eigenvalue weighted by molar-refractivity contribution is 6.01. The number of nitrogens with one attached hydrogen (secondary N) is 1. The maximum atomic E-state index is 14.1. The molecule has 3 heterocycles. The molecule has 3 aromatic rings. The van der Waals surface area contributed by atoms with Crippen LogP contribution in [0.2, 0.25) is 0 Å². The van der Waals surface area contributed by atoms with Gasteiger partial charge in [-0.2, -0.15) is 5.10 Å². The molecule has 2 aromatic heterocycles. The Labute approximate surface area is 215 Å². The number of amides is 1. The highest BCUT2D eigenvalue weighted by atomic mass is 19.1. The van der Waals surface area contributed by atoms with Gasteiger partial charge >= 0.3 is 5.97 Å². The van der Waals surface area contributed by atoms with E-state index in [0.717, 1.165) is 43.5 Å². The Morgan fingerprint density at radius 2 is 2.08 bits per heavy atom. The molecule has 3 atom stereocenters. The van der Waals surface area contributed by atoms with Gasteiger partial charge in [0.25, 0.3) is 5.91 Å². The standard InChI is InChI=1S/C28H33FN4O4/c1-3-28(27(35)36)11-4-6-19(16-28)31-26(34)22-17-30-33-13-10-20(15-24(22)33)32-12-5-7-23(32)21-14-18(29)8-9-25(21)37-2/h8-10,13-15,17,19,23H,3-7,11-12,16H2,1-2H3,(H,31,34)(H,35,36)/t19?,23-,28?/m1/s1. The molecule has 0 spiro atoms. The summed E-state index contributed by atoms with van der Waals surface area (Å²) in [5.74, 6) is -0.685. The topological polar surface area (TPSA) is 96.2 Å². The summed E-state index contributed by atoms with van der Waals surface area (Å²) in [7, 11) is 1.59. The first-order valence-corrected chi connectivity index (χ1v) is 13.0. The van der Waals surface area contributed by atoms with Crippen LogP contribution in [0.4, 0.5) is 10.1 Å². The van der Waals surface area contributed by atoms with Gasteiger partial charge in [0, 0.05) is 30.0 Å². The Hall–Kier alpha value is -3.62. The van der Waals surface area contributed by atoms with Crippen molar-refractivity contribution in [1.82, 2.24) is 14.9 Å². The summed E-state index contributed by atoms with van der Waals surface area (Å²) in [6.45, 7) is 2.70. The molecule has 5 rings (SSSR count). The number of benzene rings is 1. The van der Waals surface area contributed by atoms with E-state index >= 15 is 0 Å². The van der Waals surface area contributed by atoms with Gasteiger partial charge in [-0.3, -0.25) is 9.59 Å². The Balaban J connectivity index is 1.40. The van der Waals surface area contributed by atoms with Gasteiger partial charge in [-0.1, -0.05) is 13.3 Å². The predicted molar refractivity (Wildman–Crippen MR) is 138 cm³/mol. The molecule has 2 unspecified atom stereocenters. The van der Waals surface area contributed by atoms with Crippen LogP contribution in [0.5, 0.6) is 5.75 Å². The summed E-state index contributed by atoms with van der Waals surface area (Å²) in [6, 6.07) is 8.25. The van der Waals surface area contributed by atoms with Crippen molar-refractivity contribution in [2.75, 3.05) is 18.6 Å². The van der Waals surface area contributed by atoms with Crippen LogP contribution in [-0.4, -0.2) is 46.3 Å². The van der Waals surface area contributed by atoms with E-state index in [-0.39, 0.29) is 23.8 Å². The van der Waals surface area contributed by atoms with E-state index in [2.05, 4.69) is 15.3 Å². The average molecular weight is 509 g/mol. The molecular weight excluding hydrogens is 475 g/mol. The molecule has 1 saturated heterocycles. The predicted octanol–water partition coefficient (Wildman–Crippen LogP) is 4.98. The molecule has 8 nitrogen and oxygen atoms in total. The quantitative estimate of drug-likeness (QED) is 0.468. The number of hydrogen-bond donors (Lipinski definition) is 2. The molecular formula is C28H33FN4O4. The van der Waals surface area contributed by atoms with Crippen molar-refractivity contribution in [2.24, 2.45) is 5.41 Å². The molecule has 0 radical (unpaired) electrons. The number of aliphatic carboxylic acids is 1. The third-order valence-electron chi connectivity index (χ3n) is 8.20. The van der Waals surface area contributed by atoms with E-state index in [1.165, 1.54) is 12.1 Å². The molecule has 2 N–H and O–H groups in total. The number of halogens is 1. The normalized spacial score (nSPS) is 23.8. The fraction of sp³-hybridized carbons (Fsp3) is 0.464. The molecule has 2 fully saturated rings. The maximum Gasteiger partial charge on any atom is 0.309 e. The number of carbonyl (C=O) groups is 2. The molecule has 9 heteroatoms. The maximum absolute atomic E-state index is 14.1. The summed E-state index contributed by atoms with van der Waals surface area (Å²) < 4.78 is 21.3. The average Bonchev–Trinajstić information content (AvgIpc) is 3.55. The van der Waals surface area contributed by atoms with Crippen LogP contribution in [0.25, 0.3) is 5.52 Å². The molecule has 1 aromatic carbocycles. The van der Waals surface area contributed by atoms with Crippen LogP contribution in [0.3, 0.4) is 0 Å². The molecule has 1 aliphatic heterocycles. The first kappa shape index (κ1) is 25.0. The summed E-state index contributed by atoms with van der Waals surface area (Å²) in [4.78, 5) is 27.5. The van der Waals surface area contributed by atoms with Crippen LogP contribution >= 0.6 is 0 Å². The largest absolute Gasteiger partial charge is 0.496 e. The Kier molecular flexibility index (Phi) is 6.79. The van der Waals surface area contributed by atoms with Crippen LogP contribution < -0.4 is 15.0 Å². The number of carboxylic acid groups (broad SMARTS) is 1. The van der Waals surface area contributed by atoms with Crippen molar-refractivity contribution in [3.63, 3.8) is 0 Å². The highest BCUT2D eigenvalue weighted by Gasteiger charge is 2.42. The number of methoxy groups -OCH3 is 1. The van der Waals surface area contributed by atoms with Gasteiger partial charge < -0.3 is 20.1 Å².